The minimum Gasteiger partial charge on any atom is -0.336 e. The fraction of sp³-hybridized carbons (Fsp3) is 0.625. The van der Waals surface area contributed by atoms with Crippen LogP contribution in [0.15, 0.2) is 12.3 Å². The second-order valence-corrected chi connectivity index (χ2v) is 6.48. The summed E-state index contributed by atoms with van der Waals surface area (Å²) in [5, 5.41) is 0.505. The predicted octanol–water partition coefficient (Wildman–Crippen LogP) is 2.74. The fourth-order valence-corrected chi connectivity index (χ4v) is 3.70. The maximum absolute atomic E-state index is 12.5. The quantitative estimate of drug-likeness (QED) is 0.843. The van der Waals surface area contributed by atoms with E-state index < -0.39 is 0 Å². The molecule has 4 nitrogen and oxygen atoms in total. The molecule has 1 aliphatic heterocycles. The van der Waals surface area contributed by atoms with E-state index in [1.54, 1.807) is 12.3 Å². The lowest BCUT2D eigenvalue weighted by Crippen LogP contribution is -2.51. The first-order valence-corrected chi connectivity index (χ1v) is 8.18. The monoisotopic (exact) mass is 307 g/mol. The number of carbonyl (C=O) groups excluding carboxylic acids is 1. The summed E-state index contributed by atoms with van der Waals surface area (Å²) >= 11 is 6.18. The molecule has 114 valence electrons. The number of rotatable bonds is 2. The van der Waals surface area contributed by atoms with Crippen LogP contribution in [0, 0.1) is 6.92 Å². The van der Waals surface area contributed by atoms with Crippen LogP contribution in [-0.4, -0.2) is 52.9 Å². The molecule has 1 saturated heterocycles. The summed E-state index contributed by atoms with van der Waals surface area (Å²) in [7, 11) is 0. The minimum atomic E-state index is 0.0126. The molecular formula is C16H22ClN3O. The van der Waals surface area contributed by atoms with Crippen molar-refractivity contribution in [1.29, 1.82) is 0 Å². The van der Waals surface area contributed by atoms with E-state index in [0.29, 0.717) is 10.6 Å². The highest BCUT2D eigenvalue weighted by atomic mass is 35.5. The summed E-state index contributed by atoms with van der Waals surface area (Å²) in [5.41, 5.74) is 1.36. The molecule has 1 amide bonds. The van der Waals surface area contributed by atoms with Gasteiger partial charge in [-0.15, -0.1) is 0 Å². The number of carbonyl (C=O) groups is 1. The SMILES string of the molecule is Cc1cc(Cl)c(C(=O)N2CCN(C3CCCC3)CC2)cn1. The van der Waals surface area contributed by atoms with Gasteiger partial charge in [0.1, 0.15) is 0 Å². The van der Waals surface area contributed by atoms with Crippen LogP contribution in [0.3, 0.4) is 0 Å². The Morgan fingerprint density at radius 3 is 2.52 bits per heavy atom. The van der Waals surface area contributed by atoms with E-state index in [1.807, 2.05) is 11.8 Å². The van der Waals surface area contributed by atoms with Crippen LogP contribution in [0.4, 0.5) is 0 Å². The van der Waals surface area contributed by atoms with Crippen LogP contribution >= 0.6 is 11.6 Å². The summed E-state index contributed by atoms with van der Waals surface area (Å²) in [6, 6.07) is 2.50. The van der Waals surface area contributed by atoms with Crippen molar-refractivity contribution in [1.82, 2.24) is 14.8 Å². The molecule has 0 unspecified atom stereocenters. The number of hydrogen-bond acceptors (Lipinski definition) is 3. The largest absolute Gasteiger partial charge is 0.336 e. The molecule has 2 fully saturated rings. The van der Waals surface area contributed by atoms with Gasteiger partial charge in [-0.2, -0.15) is 0 Å². The number of aromatic nitrogens is 1. The normalized spacial score (nSPS) is 21.0. The van der Waals surface area contributed by atoms with Crippen LogP contribution in [0.2, 0.25) is 5.02 Å². The number of piperazine rings is 1. The molecule has 1 saturated carbocycles. The van der Waals surface area contributed by atoms with Crippen molar-refractivity contribution in [3.63, 3.8) is 0 Å². The van der Waals surface area contributed by atoms with Gasteiger partial charge < -0.3 is 4.90 Å². The van der Waals surface area contributed by atoms with Crippen molar-refractivity contribution in [2.24, 2.45) is 0 Å². The highest BCUT2D eigenvalue weighted by Crippen LogP contribution is 2.25. The van der Waals surface area contributed by atoms with E-state index >= 15 is 0 Å². The van der Waals surface area contributed by atoms with E-state index in [1.165, 1.54) is 25.7 Å². The van der Waals surface area contributed by atoms with E-state index in [-0.39, 0.29) is 5.91 Å². The van der Waals surface area contributed by atoms with Gasteiger partial charge in [0, 0.05) is 44.1 Å². The third-order valence-electron chi connectivity index (χ3n) is 4.66. The lowest BCUT2D eigenvalue weighted by Gasteiger charge is -2.38. The summed E-state index contributed by atoms with van der Waals surface area (Å²) in [6.07, 6.45) is 6.95. The van der Waals surface area contributed by atoms with Gasteiger partial charge in [-0.25, -0.2) is 0 Å². The van der Waals surface area contributed by atoms with Gasteiger partial charge in [0.15, 0.2) is 0 Å². The molecule has 1 aromatic rings. The highest BCUT2D eigenvalue weighted by molar-refractivity contribution is 6.33. The highest BCUT2D eigenvalue weighted by Gasteiger charge is 2.28. The van der Waals surface area contributed by atoms with Crippen molar-refractivity contribution < 1.29 is 4.79 Å². The topological polar surface area (TPSA) is 36.4 Å². The third-order valence-corrected chi connectivity index (χ3v) is 4.98. The average molecular weight is 308 g/mol. The van der Waals surface area contributed by atoms with Crippen LogP contribution < -0.4 is 0 Å². The molecule has 3 rings (SSSR count). The standard InChI is InChI=1S/C16H22ClN3O/c1-12-10-15(17)14(11-18-12)16(21)20-8-6-19(7-9-20)13-4-2-3-5-13/h10-11,13H,2-9H2,1H3. The van der Waals surface area contributed by atoms with Crippen LogP contribution in [-0.2, 0) is 0 Å². The second kappa shape index (κ2) is 6.32. The molecule has 0 aromatic carbocycles. The maximum Gasteiger partial charge on any atom is 0.257 e. The first kappa shape index (κ1) is 14.8. The van der Waals surface area contributed by atoms with Gasteiger partial charge in [-0.05, 0) is 25.8 Å². The second-order valence-electron chi connectivity index (χ2n) is 6.07. The molecule has 2 aliphatic rings. The molecule has 0 N–H and O–H groups in total. The number of nitrogens with zero attached hydrogens (tertiary/aromatic N) is 3. The Morgan fingerprint density at radius 2 is 1.90 bits per heavy atom. The lowest BCUT2D eigenvalue weighted by molar-refractivity contribution is 0.0573. The molecule has 5 heteroatoms. The Bertz CT molecular complexity index is 520. The van der Waals surface area contributed by atoms with Crippen LogP contribution in [0.5, 0.6) is 0 Å². The van der Waals surface area contributed by atoms with Crippen LogP contribution in [0.1, 0.15) is 41.7 Å². The lowest BCUT2D eigenvalue weighted by atomic mass is 10.1. The molecule has 2 heterocycles. The maximum atomic E-state index is 12.5. The number of amides is 1. The van der Waals surface area contributed by atoms with E-state index in [4.69, 9.17) is 11.6 Å². The third kappa shape index (κ3) is 3.22. The fourth-order valence-electron chi connectivity index (χ4n) is 3.41. The zero-order valence-corrected chi connectivity index (χ0v) is 13.3. The van der Waals surface area contributed by atoms with Crippen molar-refractivity contribution in [3.05, 3.63) is 28.5 Å². The molecule has 0 radical (unpaired) electrons. The summed E-state index contributed by atoms with van der Waals surface area (Å²) in [5.74, 6) is 0.0126. The zero-order valence-electron chi connectivity index (χ0n) is 12.5. The molecular weight excluding hydrogens is 286 g/mol. The Hall–Kier alpha value is -1.13. The number of hydrogen-bond donors (Lipinski definition) is 0. The van der Waals surface area contributed by atoms with Crippen molar-refractivity contribution in [2.75, 3.05) is 26.2 Å². The van der Waals surface area contributed by atoms with Gasteiger partial charge >= 0.3 is 0 Å². The first-order valence-electron chi connectivity index (χ1n) is 7.80. The smallest absolute Gasteiger partial charge is 0.257 e. The van der Waals surface area contributed by atoms with E-state index in [0.717, 1.165) is 37.9 Å². The van der Waals surface area contributed by atoms with Gasteiger partial charge in [-0.1, -0.05) is 24.4 Å². The van der Waals surface area contributed by atoms with Gasteiger partial charge in [0.05, 0.1) is 10.6 Å². The molecule has 0 atom stereocenters. The Kier molecular flexibility index (Phi) is 4.45. The molecule has 0 spiro atoms. The number of pyridine rings is 1. The summed E-state index contributed by atoms with van der Waals surface area (Å²) < 4.78 is 0. The predicted molar refractivity (Wildman–Crippen MR) is 83.7 cm³/mol. The van der Waals surface area contributed by atoms with Crippen molar-refractivity contribution >= 4 is 17.5 Å². The molecule has 0 bridgehead atoms. The van der Waals surface area contributed by atoms with Crippen molar-refractivity contribution in [3.8, 4) is 0 Å². The van der Waals surface area contributed by atoms with Crippen LogP contribution in [0.25, 0.3) is 0 Å². The first-order chi connectivity index (χ1) is 10.1. The molecule has 1 aromatic heterocycles. The molecule has 1 aliphatic carbocycles. The van der Waals surface area contributed by atoms with Gasteiger partial charge in [-0.3, -0.25) is 14.7 Å². The zero-order chi connectivity index (χ0) is 14.8. The van der Waals surface area contributed by atoms with E-state index in [9.17, 15) is 4.79 Å². The summed E-state index contributed by atoms with van der Waals surface area (Å²) in [6.45, 7) is 5.42. The molecule has 21 heavy (non-hydrogen) atoms. The minimum absolute atomic E-state index is 0.0126. The number of aryl methyl sites for hydroxylation is 1. The Morgan fingerprint density at radius 1 is 1.24 bits per heavy atom. The van der Waals surface area contributed by atoms with E-state index in [2.05, 4.69) is 9.88 Å². The summed E-state index contributed by atoms with van der Waals surface area (Å²) in [4.78, 5) is 21.2. The number of halogens is 1. The Labute approximate surface area is 131 Å². The van der Waals surface area contributed by atoms with Gasteiger partial charge in [0.2, 0.25) is 0 Å². The Balaban J connectivity index is 1.62. The van der Waals surface area contributed by atoms with Gasteiger partial charge in [0.25, 0.3) is 5.91 Å². The average Bonchev–Trinajstić information content (AvgIpc) is 3.01. The van der Waals surface area contributed by atoms with Crippen molar-refractivity contribution in [2.45, 2.75) is 38.6 Å².